The number of nitrogens with zero attached hydrogens (tertiary/aromatic N) is 2. The average molecular weight is 351 g/mol. The van der Waals surface area contributed by atoms with Crippen LogP contribution in [0.3, 0.4) is 0 Å². The molecule has 1 N–H and O–H groups in total. The standard InChI is InChI=1S/C15H17N3O3S2/c19-14(11-17-23(20,21)15-7-4-10-22-15)18-9-3-6-13(18)12-5-1-2-8-16-12/h1-2,4-5,7-8,10,13,17H,3,6,9,11H2. The Balaban J connectivity index is 1.66. The minimum absolute atomic E-state index is 0.0741. The second-order valence-corrected chi connectivity index (χ2v) is 8.20. The van der Waals surface area contributed by atoms with Crippen LogP contribution in [0.2, 0.25) is 0 Å². The van der Waals surface area contributed by atoms with Gasteiger partial charge in [0.2, 0.25) is 5.91 Å². The Morgan fingerprint density at radius 2 is 2.22 bits per heavy atom. The van der Waals surface area contributed by atoms with E-state index in [1.165, 1.54) is 6.07 Å². The van der Waals surface area contributed by atoms with Gasteiger partial charge in [-0.2, -0.15) is 0 Å². The van der Waals surface area contributed by atoms with Crippen molar-refractivity contribution in [3.8, 4) is 0 Å². The van der Waals surface area contributed by atoms with Crippen molar-refractivity contribution in [3.05, 3.63) is 47.6 Å². The van der Waals surface area contributed by atoms with Gasteiger partial charge in [-0.15, -0.1) is 11.3 Å². The SMILES string of the molecule is O=C(CNS(=O)(=O)c1cccs1)N1CCCC1c1ccccn1. The van der Waals surface area contributed by atoms with Gasteiger partial charge in [0.25, 0.3) is 10.0 Å². The van der Waals surface area contributed by atoms with Crippen LogP contribution in [0.5, 0.6) is 0 Å². The fourth-order valence-corrected chi connectivity index (χ4v) is 4.70. The number of likely N-dealkylation sites (tertiary alicyclic amines) is 1. The number of hydrogen-bond donors (Lipinski definition) is 1. The van der Waals surface area contributed by atoms with E-state index in [2.05, 4.69) is 9.71 Å². The molecule has 1 amide bonds. The number of pyridine rings is 1. The number of nitrogens with one attached hydrogen (secondary N) is 1. The van der Waals surface area contributed by atoms with Crippen LogP contribution in [0.15, 0.2) is 46.1 Å². The molecule has 0 saturated carbocycles. The van der Waals surface area contributed by atoms with Gasteiger partial charge in [-0.3, -0.25) is 9.78 Å². The predicted octanol–water partition coefficient (Wildman–Crippen LogP) is 1.79. The maximum Gasteiger partial charge on any atom is 0.250 e. The van der Waals surface area contributed by atoms with Crippen LogP contribution >= 0.6 is 11.3 Å². The lowest BCUT2D eigenvalue weighted by atomic mass is 10.1. The van der Waals surface area contributed by atoms with Gasteiger partial charge >= 0.3 is 0 Å². The summed E-state index contributed by atoms with van der Waals surface area (Å²) in [6.45, 7) is 0.393. The number of aromatic nitrogens is 1. The zero-order chi connectivity index (χ0) is 16.3. The molecule has 23 heavy (non-hydrogen) atoms. The monoisotopic (exact) mass is 351 g/mol. The van der Waals surface area contributed by atoms with E-state index in [0.717, 1.165) is 29.9 Å². The molecule has 0 aromatic carbocycles. The molecule has 1 aliphatic heterocycles. The molecule has 1 saturated heterocycles. The Morgan fingerprint density at radius 1 is 1.35 bits per heavy atom. The molecule has 2 aromatic heterocycles. The minimum atomic E-state index is -3.62. The second-order valence-electron chi connectivity index (χ2n) is 5.26. The molecule has 0 bridgehead atoms. The number of thiophene rings is 1. The molecule has 1 fully saturated rings. The summed E-state index contributed by atoms with van der Waals surface area (Å²) >= 11 is 1.13. The highest BCUT2D eigenvalue weighted by molar-refractivity contribution is 7.91. The highest BCUT2D eigenvalue weighted by Gasteiger charge is 2.31. The van der Waals surface area contributed by atoms with Gasteiger partial charge in [0.1, 0.15) is 4.21 Å². The van der Waals surface area contributed by atoms with Crippen LogP contribution in [-0.2, 0) is 14.8 Å². The Bertz CT molecular complexity index is 761. The number of amides is 1. The summed E-state index contributed by atoms with van der Waals surface area (Å²) in [5.41, 5.74) is 0.847. The molecule has 1 atom stereocenters. The fraction of sp³-hybridized carbons (Fsp3) is 0.333. The van der Waals surface area contributed by atoms with Crippen molar-refractivity contribution in [2.75, 3.05) is 13.1 Å². The Hall–Kier alpha value is -1.77. The number of carbonyl (C=O) groups excluding carboxylic acids is 1. The van der Waals surface area contributed by atoms with Crippen molar-refractivity contribution in [2.24, 2.45) is 0 Å². The van der Waals surface area contributed by atoms with Crippen LogP contribution < -0.4 is 4.72 Å². The molecule has 3 heterocycles. The van der Waals surface area contributed by atoms with E-state index >= 15 is 0 Å². The normalized spacial score (nSPS) is 18.3. The van der Waals surface area contributed by atoms with Gasteiger partial charge < -0.3 is 4.90 Å². The summed E-state index contributed by atoms with van der Waals surface area (Å²) in [5.74, 6) is -0.224. The maximum absolute atomic E-state index is 12.4. The first-order valence-corrected chi connectivity index (χ1v) is 9.68. The van der Waals surface area contributed by atoms with Crippen LogP contribution in [-0.4, -0.2) is 37.3 Å². The number of rotatable bonds is 5. The largest absolute Gasteiger partial charge is 0.333 e. The third kappa shape index (κ3) is 3.60. The highest BCUT2D eigenvalue weighted by atomic mass is 32.2. The second kappa shape index (κ2) is 6.77. The van der Waals surface area contributed by atoms with E-state index < -0.39 is 10.0 Å². The molecule has 0 radical (unpaired) electrons. The fourth-order valence-electron chi connectivity index (χ4n) is 2.69. The number of carbonyl (C=O) groups is 1. The van der Waals surface area contributed by atoms with Gasteiger partial charge in [0.05, 0.1) is 18.3 Å². The van der Waals surface area contributed by atoms with Crippen molar-refractivity contribution < 1.29 is 13.2 Å². The molecule has 122 valence electrons. The Kier molecular flexibility index (Phi) is 4.74. The minimum Gasteiger partial charge on any atom is -0.333 e. The zero-order valence-corrected chi connectivity index (χ0v) is 14.0. The summed E-state index contributed by atoms with van der Waals surface area (Å²) in [7, 11) is -3.62. The molecule has 8 heteroatoms. The smallest absolute Gasteiger partial charge is 0.250 e. The van der Waals surface area contributed by atoms with E-state index in [4.69, 9.17) is 0 Å². The first-order valence-electron chi connectivity index (χ1n) is 7.31. The lowest BCUT2D eigenvalue weighted by Gasteiger charge is -2.24. The Morgan fingerprint density at radius 3 is 2.91 bits per heavy atom. The van der Waals surface area contributed by atoms with Gasteiger partial charge in [0, 0.05) is 12.7 Å². The zero-order valence-electron chi connectivity index (χ0n) is 12.4. The lowest BCUT2D eigenvalue weighted by molar-refractivity contribution is -0.130. The molecule has 6 nitrogen and oxygen atoms in total. The topological polar surface area (TPSA) is 79.4 Å². The van der Waals surface area contributed by atoms with E-state index in [9.17, 15) is 13.2 Å². The van der Waals surface area contributed by atoms with Gasteiger partial charge in [-0.1, -0.05) is 12.1 Å². The van der Waals surface area contributed by atoms with Crippen LogP contribution in [0, 0.1) is 0 Å². The van der Waals surface area contributed by atoms with E-state index in [-0.39, 0.29) is 22.7 Å². The van der Waals surface area contributed by atoms with Crippen molar-refractivity contribution in [1.29, 1.82) is 0 Å². The van der Waals surface area contributed by atoms with Gasteiger partial charge in [-0.25, -0.2) is 13.1 Å². The van der Waals surface area contributed by atoms with Gasteiger partial charge in [0.15, 0.2) is 0 Å². The quantitative estimate of drug-likeness (QED) is 0.891. The predicted molar refractivity (Wildman–Crippen MR) is 87.4 cm³/mol. The van der Waals surface area contributed by atoms with E-state index in [1.807, 2.05) is 18.2 Å². The van der Waals surface area contributed by atoms with Crippen LogP contribution in [0.4, 0.5) is 0 Å². The Labute approximate surface area is 139 Å². The third-order valence-corrected chi connectivity index (χ3v) is 6.57. The molecular formula is C15H17N3O3S2. The first-order chi connectivity index (χ1) is 11.1. The summed E-state index contributed by atoms with van der Waals surface area (Å²) in [4.78, 5) is 18.4. The highest BCUT2D eigenvalue weighted by Crippen LogP contribution is 2.30. The molecule has 1 unspecified atom stereocenters. The molecule has 0 aliphatic carbocycles. The molecular weight excluding hydrogens is 334 g/mol. The maximum atomic E-state index is 12.4. The van der Waals surface area contributed by atoms with E-state index in [1.54, 1.807) is 22.5 Å². The van der Waals surface area contributed by atoms with Crippen molar-refractivity contribution in [2.45, 2.75) is 23.1 Å². The first kappa shape index (κ1) is 16.1. The van der Waals surface area contributed by atoms with Crippen LogP contribution in [0.25, 0.3) is 0 Å². The summed E-state index contributed by atoms with van der Waals surface area (Å²) in [6, 6.07) is 8.73. The molecule has 3 rings (SSSR count). The lowest BCUT2D eigenvalue weighted by Crippen LogP contribution is -2.39. The molecule has 2 aromatic rings. The van der Waals surface area contributed by atoms with Crippen molar-refractivity contribution in [1.82, 2.24) is 14.6 Å². The van der Waals surface area contributed by atoms with Crippen LogP contribution in [0.1, 0.15) is 24.6 Å². The van der Waals surface area contributed by atoms with Crippen molar-refractivity contribution >= 4 is 27.3 Å². The van der Waals surface area contributed by atoms with Gasteiger partial charge in [-0.05, 0) is 36.4 Å². The number of hydrogen-bond acceptors (Lipinski definition) is 5. The van der Waals surface area contributed by atoms with E-state index in [0.29, 0.717) is 6.54 Å². The molecule has 1 aliphatic rings. The third-order valence-electron chi connectivity index (χ3n) is 3.78. The summed E-state index contributed by atoms with van der Waals surface area (Å²) < 4.78 is 26.8. The summed E-state index contributed by atoms with van der Waals surface area (Å²) in [5, 5.41) is 1.69. The molecule has 0 spiro atoms. The summed E-state index contributed by atoms with van der Waals surface area (Å²) in [6.07, 6.45) is 3.45. The number of sulfonamides is 1. The van der Waals surface area contributed by atoms with Crippen molar-refractivity contribution in [3.63, 3.8) is 0 Å². The average Bonchev–Trinajstić information content (AvgIpc) is 3.25.